The van der Waals surface area contributed by atoms with E-state index in [2.05, 4.69) is 13.8 Å². The van der Waals surface area contributed by atoms with Crippen molar-refractivity contribution in [2.75, 3.05) is 6.61 Å². The summed E-state index contributed by atoms with van der Waals surface area (Å²) in [5.41, 5.74) is 0. The van der Waals surface area contributed by atoms with E-state index in [0.29, 0.717) is 0 Å². The largest absolute Gasteiger partial charge is 0.376 e. The van der Waals surface area contributed by atoms with Gasteiger partial charge in [-0.05, 0) is 12.8 Å². The van der Waals surface area contributed by atoms with Crippen molar-refractivity contribution in [1.82, 2.24) is 0 Å². The minimum atomic E-state index is 0.885. The molecular formula is C13H27O. The molecule has 0 bridgehead atoms. The van der Waals surface area contributed by atoms with Crippen molar-refractivity contribution >= 4 is 0 Å². The third-order valence-electron chi connectivity index (χ3n) is 2.37. The normalized spacial score (nSPS) is 10.7. The first-order valence-electron chi connectivity index (χ1n) is 6.35. The summed E-state index contributed by atoms with van der Waals surface area (Å²) in [6.45, 7) is 7.27. The van der Waals surface area contributed by atoms with Crippen LogP contribution in [0.5, 0.6) is 0 Å². The van der Waals surface area contributed by atoms with Gasteiger partial charge in [0.25, 0.3) is 0 Å². The van der Waals surface area contributed by atoms with Gasteiger partial charge >= 0.3 is 0 Å². The Morgan fingerprint density at radius 1 is 0.786 bits per heavy atom. The lowest BCUT2D eigenvalue weighted by Crippen LogP contribution is -1.89. The van der Waals surface area contributed by atoms with E-state index in [1.165, 1.54) is 44.9 Å². The number of hydrogen-bond acceptors (Lipinski definition) is 1. The Labute approximate surface area is 90.2 Å². The van der Waals surface area contributed by atoms with Gasteiger partial charge in [0.2, 0.25) is 0 Å². The fraction of sp³-hybridized carbons (Fsp3) is 0.923. The second-order valence-electron chi connectivity index (χ2n) is 3.95. The molecule has 14 heavy (non-hydrogen) atoms. The first kappa shape index (κ1) is 14.0. The summed E-state index contributed by atoms with van der Waals surface area (Å²) in [6, 6.07) is 0. The Balaban J connectivity index is 2.78. The van der Waals surface area contributed by atoms with Crippen molar-refractivity contribution < 1.29 is 4.74 Å². The molecule has 1 nitrogen and oxygen atoms in total. The quantitative estimate of drug-likeness (QED) is 0.438. The number of unbranched alkanes of at least 4 members (excludes halogenated alkanes) is 7. The minimum absolute atomic E-state index is 0.885. The van der Waals surface area contributed by atoms with Gasteiger partial charge in [0.05, 0.1) is 6.61 Å². The minimum Gasteiger partial charge on any atom is -0.376 e. The van der Waals surface area contributed by atoms with Crippen molar-refractivity contribution in [2.24, 2.45) is 0 Å². The van der Waals surface area contributed by atoms with Crippen molar-refractivity contribution in [3.63, 3.8) is 0 Å². The monoisotopic (exact) mass is 199 g/mol. The van der Waals surface area contributed by atoms with E-state index in [0.717, 1.165) is 19.4 Å². The summed E-state index contributed by atoms with van der Waals surface area (Å²) in [4.78, 5) is 0. The molecule has 0 heterocycles. The molecule has 0 rings (SSSR count). The second-order valence-corrected chi connectivity index (χ2v) is 3.95. The van der Waals surface area contributed by atoms with Crippen LogP contribution < -0.4 is 0 Å². The Kier molecular flexibility index (Phi) is 12.9. The predicted molar refractivity (Wildman–Crippen MR) is 63.2 cm³/mol. The van der Waals surface area contributed by atoms with Crippen LogP contribution in [0.25, 0.3) is 0 Å². The summed E-state index contributed by atoms with van der Waals surface area (Å²) in [5.74, 6) is 0. The van der Waals surface area contributed by atoms with Crippen molar-refractivity contribution in [3.8, 4) is 0 Å². The predicted octanol–water partition coefficient (Wildman–Crippen LogP) is 4.72. The zero-order valence-electron chi connectivity index (χ0n) is 10.1. The van der Waals surface area contributed by atoms with E-state index in [1.807, 2.05) is 6.61 Å². The topological polar surface area (TPSA) is 9.23 Å². The third kappa shape index (κ3) is 12.0. The van der Waals surface area contributed by atoms with Crippen LogP contribution in [0.4, 0.5) is 0 Å². The molecule has 0 aliphatic carbocycles. The summed E-state index contributed by atoms with van der Waals surface area (Å²) in [5, 5.41) is 0. The van der Waals surface area contributed by atoms with Gasteiger partial charge in [0.15, 0.2) is 0 Å². The number of rotatable bonds is 11. The standard InChI is InChI=1S/C13H27O/c1-3-5-6-7-8-9-10-11-13-14-12-4-2/h13H,3-12H2,1-2H3. The van der Waals surface area contributed by atoms with Crippen LogP contribution in [0.1, 0.15) is 71.6 Å². The van der Waals surface area contributed by atoms with E-state index in [-0.39, 0.29) is 0 Å². The fourth-order valence-electron chi connectivity index (χ4n) is 1.47. The zero-order chi connectivity index (χ0) is 10.5. The summed E-state index contributed by atoms with van der Waals surface area (Å²) in [6.07, 6.45) is 11.9. The maximum atomic E-state index is 5.30. The van der Waals surface area contributed by atoms with Crippen LogP contribution in [-0.4, -0.2) is 6.61 Å². The fourth-order valence-corrected chi connectivity index (χ4v) is 1.47. The van der Waals surface area contributed by atoms with Crippen LogP contribution in [0.15, 0.2) is 0 Å². The highest BCUT2D eigenvalue weighted by atomic mass is 16.5. The van der Waals surface area contributed by atoms with Gasteiger partial charge < -0.3 is 4.74 Å². The Hall–Kier alpha value is -0.0400. The SMILES string of the molecule is CCCCCCCCC[CH]OCCC. The van der Waals surface area contributed by atoms with Crippen molar-refractivity contribution in [3.05, 3.63) is 6.61 Å². The lowest BCUT2D eigenvalue weighted by atomic mass is 10.1. The Morgan fingerprint density at radius 2 is 1.43 bits per heavy atom. The summed E-state index contributed by atoms with van der Waals surface area (Å²) in [7, 11) is 0. The smallest absolute Gasteiger partial charge is 0.0836 e. The molecule has 0 N–H and O–H groups in total. The number of ether oxygens (including phenoxy) is 1. The first-order valence-corrected chi connectivity index (χ1v) is 6.35. The lowest BCUT2D eigenvalue weighted by Gasteiger charge is -2.02. The molecule has 1 radical (unpaired) electrons. The van der Waals surface area contributed by atoms with Crippen molar-refractivity contribution in [1.29, 1.82) is 0 Å². The van der Waals surface area contributed by atoms with Crippen LogP contribution in [-0.2, 0) is 4.74 Å². The van der Waals surface area contributed by atoms with Crippen LogP contribution in [0.3, 0.4) is 0 Å². The van der Waals surface area contributed by atoms with E-state index < -0.39 is 0 Å². The van der Waals surface area contributed by atoms with E-state index in [4.69, 9.17) is 4.74 Å². The van der Waals surface area contributed by atoms with Crippen molar-refractivity contribution in [2.45, 2.75) is 71.6 Å². The van der Waals surface area contributed by atoms with Crippen LogP contribution in [0.2, 0.25) is 0 Å². The molecule has 0 aromatic heterocycles. The molecule has 0 saturated carbocycles. The highest BCUT2D eigenvalue weighted by Crippen LogP contribution is 2.09. The average molecular weight is 199 g/mol. The van der Waals surface area contributed by atoms with Gasteiger partial charge in [0, 0.05) is 6.61 Å². The first-order chi connectivity index (χ1) is 6.91. The van der Waals surface area contributed by atoms with Crippen LogP contribution >= 0.6 is 0 Å². The van der Waals surface area contributed by atoms with Crippen LogP contribution in [0, 0.1) is 6.61 Å². The van der Waals surface area contributed by atoms with Gasteiger partial charge in [-0.1, -0.05) is 58.8 Å². The molecule has 0 unspecified atom stereocenters. The maximum absolute atomic E-state index is 5.30. The molecule has 0 saturated heterocycles. The average Bonchev–Trinajstić information content (AvgIpc) is 2.21. The lowest BCUT2D eigenvalue weighted by molar-refractivity contribution is 0.190. The zero-order valence-corrected chi connectivity index (χ0v) is 10.1. The van der Waals surface area contributed by atoms with E-state index in [9.17, 15) is 0 Å². The summed E-state index contributed by atoms with van der Waals surface area (Å²) < 4.78 is 5.30. The highest BCUT2D eigenvalue weighted by molar-refractivity contribution is 4.52. The molecule has 0 fully saturated rings. The molecule has 0 aromatic rings. The van der Waals surface area contributed by atoms with Gasteiger partial charge in [-0.3, -0.25) is 0 Å². The highest BCUT2D eigenvalue weighted by Gasteiger charge is 1.91. The number of hydrogen-bond donors (Lipinski definition) is 0. The van der Waals surface area contributed by atoms with E-state index in [1.54, 1.807) is 0 Å². The third-order valence-corrected chi connectivity index (χ3v) is 2.37. The second kappa shape index (κ2) is 13.0. The molecular weight excluding hydrogens is 172 g/mol. The van der Waals surface area contributed by atoms with Gasteiger partial charge in [-0.2, -0.15) is 0 Å². The van der Waals surface area contributed by atoms with Gasteiger partial charge in [-0.15, -0.1) is 0 Å². The van der Waals surface area contributed by atoms with E-state index >= 15 is 0 Å². The Morgan fingerprint density at radius 3 is 2.07 bits per heavy atom. The summed E-state index contributed by atoms with van der Waals surface area (Å²) >= 11 is 0. The molecule has 0 amide bonds. The van der Waals surface area contributed by atoms with Gasteiger partial charge in [0.1, 0.15) is 0 Å². The molecule has 0 aliphatic heterocycles. The van der Waals surface area contributed by atoms with Gasteiger partial charge in [-0.25, -0.2) is 0 Å². The molecule has 1 heteroatoms. The molecule has 0 aromatic carbocycles. The molecule has 0 aliphatic rings. The molecule has 85 valence electrons. The molecule has 0 atom stereocenters. The Bertz CT molecular complexity index is 79.2. The maximum Gasteiger partial charge on any atom is 0.0836 e. The molecule has 0 spiro atoms.